The van der Waals surface area contributed by atoms with Gasteiger partial charge in [-0.15, -0.1) is 5.10 Å². The summed E-state index contributed by atoms with van der Waals surface area (Å²) in [7, 11) is 0. The standard InChI is InChI=1S/C26H24F3N7O/c27-26(28,29)20-17-18(7-8-22(20)34-13-9-30-10-14-34)36-24-19-5-1-2-6-21(19)35(25(37)23(24)31-32-36)16-15-33-11-3-4-12-33/h1-8,11-12,17,30H,9-10,13-16H2. The Morgan fingerprint density at radius 1 is 0.946 bits per heavy atom. The number of fused-ring (bicyclic) bond motifs is 3. The molecule has 190 valence electrons. The molecule has 0 unspecified atom stereocenters. The lowest BCUT2D eigenvalue weighted by Crippen LogP contribution is -2.44. The normalized spacial score (nSPS) is 14.6. The summed E-state index contributed by atoms with van der Waals surface area (Å²) in [4.78, 5) is 15.2. The van der Waals surface area contributed by atoms with Crippen LogP contribution in [0.2, 0.25) is 0 Å². The van der Waals surface area contributed by atoms with Crippen molar-refractivity contribution in [3.8, 4) is 5.69 Å². The zero-order valence-corrected chi connectivity index (χ0v) is 19.8. The van der Waals surface area contributed by atoms with Gasteiger partial charge in [0.25, 0.3) is 5.56 Å². The number of piperazine rings is 1. The molecule has 37 heavy (non-hydrogen) atoms. The first-order valence-electron chi connectivity index (χ1n) is 12.1. The van der Waals surface area contributed by atoms with Crippen molar-refractivity contribution in [1.82, 2.24) is 29.4 Å². The summed E-state index contributed by atoms with van der Waals surface area (Å²) in [5.74, 6) is 0. The van der Waals surface area contributed by atoms with Crippen molar-refractivity contribution < 1.29 is 13.2 Å². The van der Waals surface area contributed by atoms with Gasteiger partial charge in [0.1, 0.15) is 5.52 Å². The highest BCUT2D eigenvalue weighted by molar-refractivity contribution is 6.02. The molecule has 1 aliphatic rings. The maximum Gasteiger partial charge on any atom is 0.418 e. The number of halogens is 3. The van der Waals surface area contributed by atoms with E-state index >= 15 is 0 Å². The maximum absolute atomic E-state index is 14.2. The highest BCUT2D eigenvalue weighted by Gasteiger charge is 2.36. The first-order valence-corrected chi connectivity index (χ1v) is 12.1. The molecule has 1 N–H and O–H groups in total. The van der Waals surface area contributed by atoms with Crippen molar-refractivity contribution in [2.75, 3.05) is 31.1 Å². The second kappa shape index (κ2) is 9.07. The smallest absolute Gasteiger partial charge is 0.368 e. The molecule has 11 heteroatoms. The molecule has 1 fully saturated rings. The molecule has 4 heterocycles. The molecule has 6 rings (SSSR count). The largest absolute Gasteiger partial charge is 0.418 e. The van der Waals surface area contributed by atoms with E-state index in [2.05, 4.69) is 15.6 Å². The lowest BCUT2D eigenvalue weighted by Gasteiger charge is -2.31. The van der Waals surface area contributed by atoms with Gasteiger partial charge >= 0.3 is 6.18 Å². The summed E-state index contributed by atoms with van der Waals surface area (Å²) in [6, 6.07) is 15.3. The third-order valence-corrected chi connectivity index (χ3v) is 6.80. The topological polar surface area (TPSA) is 72.9 Å². The molecule has 0 bridgehead atoms. The van der Waals surface area contributed by atoms with Crippen molar-refractivity contribution in [3.63, 3.8) is 0 Å². The third-order valence-electron chi connectivity index (χ3n) is 6.80. The predicted molar refractivity (Wildman–Crippen MR) is 135 cm³/mol. The van der Waals surface area contributed by atoms with E-state index in [0.717, 1.165) is 6.07 Å². The van der Waals surface area contributed by atoms with Gasteiger partial charge in [-0.1, -0.05) is 23.4 Å². The van der Waals surface area contributed by atoms with Crippen LogP contribution < -0.4 is 15.8 Å². The van der Waals surface area contributed by atoms with E-state index in [1.807, 2.05) is 53.4 Å². The Bertz CT molecular complexity index is 1630. The van der Waals surface area contributed by atoms with Crippen LogP contribution >= 0.6 is 0 Å². The van der Waals surface area contributed by atoms with E-state index in [1.54, 1.807) is 15.5 Å². The number of nitrogens with zero attached hydrogens (tertiary/aromatic N) is 6. The van der Waals surface area contributed by atoms with E-state index in [0.29, 0.717) is 55.7 Å². The van der Waals surface area contributed by atoms with Crippen LogP contribution in [0.15, 0.2) is 71.8 Å². The average molecular weight is 508 g/mol. The van der Waals surface area contributed by atoms with E-state index in [-0.39, 0.29) is 22.5 Å². The second-order valence-corrected chi connectivity index (χ2v) is 9.03. The number of alkyl halides is 3. The van der Waals surface area contributed by atoms with Crippen LogP contribution in [0, 0.1) is 0 Å². The van der Waals surface area contributed by atoms with Crippen molar-refractivity contribution in [2.45, 2.75) is 19.3 Å². The molecular formula is C26H24F3N7O. The Morgan fingerprint density at radius 2 is 1.70 bits per heavy atom. The fourth-order valence-corrected chi connectivity index (χ4v) is 5.02. The number of aryl methyl sites for hydroxylation is 2. The lowest BCUT2D eigenvalue weighted by molar-refractivity contribution is -0.137. The maximum atomic E-state index is 14.2. The zero-order chi connectivity index (χ0) is 25.6. The van der Waals surface area contributed by atoms with Crippen molar-refractivity contribution >= 4 is 27.6 Å². The Morgan fingerprint density at radius 3 is 2.46 bits per heavy atom. The van der Waals surface area contributed by atoms with Crippen molar-refractivity contribution in [1.29, 1.82) is 0 Å². The third kappa shape index (κ3) is 4.14. The van der Waals surface area contributed by atoms with Gasteiger partial charge < -0.3 is 19.4 Å². The van der Waals surface area contributed by atoms with Crippen LogP contribution in [0.1, 0.15) is 5.56 Å². The highest BCUT2D eigenvalue weighted by atomic mass is 19.4. The Balaban J connectivity index is 1.50. The van der Waals surface area contributed by atoms with Crippen molar-refractivity contribution in [2.24, 2.45) is 0 Å². The second-order valence-electron chi connectivity index (χ2n) is 9.03. The Labute approximate surface area is 209 Å². The monoisotopic (exact) mass is 507 g/mol. The number of hydrogen-bond acceptors (Lipinski definition) is 5. The number of para-hydroxylation sites is 1. The fraction of sp³-hybridized carbons (Fsp3) is 0.269. The van der Waals surface area contributed by atoms with E-state index < -0.39 is 11.7 Å². The number of benzene rings is 2. The van der Waals surface area contributed by atoms with Gasteiger partial charge in [0.15, 0.2) is 5.52 Å². The SMILES string of the molecule is O=c1c2nnn(-c3ccc(N4CCNCC4)c(C(F)(F)F)c3)c2c2ccccc2n1CCn1cccc1. The van der Waals surface area contributed by atoms with E-state index in [1.165, 1.54) is 10.7 Å². The molecule has 3 aromatic heterocycles. The number of hydrogen-bond donors (Lipinski definition) is 1. The molecule has 2 aromatic carbocycles. The zero-order valence-electron chi connectivity index (χ0n) is 19.8. The first kappa shape index (κ1) is 23.3. The minimum Gasteiger partial charge on any atom is -0.368 e. The van der Waals surface area contributed by atoms with Gasteiger partial charge in [-0.05, 0) is 36.4 Å². The summed E-state index contributed by atoms with van der Waals surface area (Å²) >= 11 is 0. The molecule has 0 atom stereocenters. The minimum atomic E-state index is -4.56. The van der Waals surface area contributed by atoms with E-state index in [4.69, 9.17) is 0 Å². The molecule has 8 nitrogen and oxygen atoms in total. The molecule has 0 saturated carbocycles. The molecule has 0 amide bonds. The number of anilines is 1. The van der Waals surface area contributed by atoms with Crippen LogP contribution in [0.4, 0.5) is 18.9 Å². The predicted octanol–water partition coefficient (Wildman–Crippen LogP) is 3.67. The minimum absolute atomic E-state index is 0.117. The van der Waals surface area contributed by atoms with Gasteiger partial charge in [0.05, 0.1) is 16.8 Å². The molecular weight excluding hydrogens is 483 g/mol. The summed E-state index contributed by atoms with van der Waals surface area (Å²) < 4.78 is 47.5. The summed E-state index contributed by atoms with van der Waals surface area (Å²) in [5.41, 5.74) is 0.444. The van der Waals surface area contributed by atoms with Gasteiger partial charge in [0.2, 0.25) is 0 Å². The van der Waals surface area contributed by atoms with Gasteiger partial charge in [-0.3, -0.25) is 4.79 Å². The summed E-state index contributed by atoms with van der Waals surface area (Å²) in [6.07, 6.45) is -0.714. The van der Waals surface area contributed by atoms with Gasteiger partial charge in [0, 0.05) is 62.7 Å². The number of aromatic nitrogens is 5. The fourth-order valence-electron chi connectivity index (χ4n) is 5.02. The average Bonchev–Trinajstić information content (AvgIpc) is 3.59. The van der Waals surface area contributed by atoms with Crippen LogP contribution in [0.5, 0.6) is 0 Å². The highest BCUT2D eigenvalue weighted by Crippen LogP contribution is 2.38. The van der Waals surface area contributed by atoms with Gasteiger partial charge in [-0.2, -0.15) is 13.2 Å². The van der Waals surface area contributed by atoms with E-state index in [9.17, 15) is 18.0 Å². The molecule has 0 spiro atoms. The quantitative estimate of drug-likeness (QED) is 0.393. The first-order chi connectivity index (χ1) is 17.9. The number of rotatable bonds is 5. The summed E-state index contributed by atoms with van der Waals surface area (Å²) in [6.45, 7) is 3.21. The Kier molecular flexibility index (Phi) is 5.71. The molecule has 0 radical (unpaired) electrons. The van der Waals surface area contributed by atoms with Crippen LogP contribution in [0.3, 0.4) is 0 Å². The van der Waals surface area contributed by atoms with Crippen LogP contribution in [-0.2, 0) is 19.3 Å². The van der Waals surface area contributed by atoms with Crippen LogP contribution in [-0.4, -0.2) is 50.3 Å². The number of nitrogens with one attached hydrogen (secondary N) is 1. The van der Waals surface area contributed by atoms with Crippen LogP contribution in [0.25, 0.3) is 27.6 Å². The van der Waals surface area contributed by atoms with Crippen molar-refractivity contribution in [3.05, 3.63) is 82.9 Å². The lowest BCUT2D eigenvalue weighted by atomic mass is 10.1. The molecule has 1 saturated heterocycles. The Hall–Kier alpha value is -4.12. The number of pyridine rings is 1. The molecule has 1 aliphatic heterocycles. The molecule has 0 aliphatic carbocycles. The molecule has 5 aromatic rings. The van der Waals surface area contributed by atoms with Gasteiger partial charge in [-0.25, -0.2) is 4.68 Å². The summed E-state index contributed by atoms with van der Waals surface area (Å²) in [5, 5.41) is 12.1.